The summed E-state index contributed by atoms with van der Waals surface area (Å²) in [6.07, 6.45) is 13.0. The lowest BCUT2D eigenvalue weighted by Crippen LogP contribution is -2.25. The number of allylic oxidation sites excluding steroid dienone is 5. The number of amides is 1. The third-order valence-corrected chi connectivity index (χ3v) is 4.85. The number of unbranched alkanes of at least 4 members (excludes halogenated alkanes) is 2. The number of ketones is 1. The van der Waals surface area contributed by atoms with Gasteiger partial charge in [0.25, 0.3) is 0 Å². The zero-order valence-electron chi connectivity index (χ0n) is 19.2. The van der Waals surface area contributed by atoms with E-state index in [2.05, 4.69) is 5.32 Å². The van der Waals surface area contributed by atoms with Gasteiger partial charge >= 0.3 is 0 Å². The van der Waals surface area contributed by atoms with Gasteiger partial charge in [0.05, 0.1) is 6.61 Å². The summed E-state index contributed by atoms with van der Waals surface area (Å²) in [5.41, 5.74) is 1.11. The number of benzene rings is 1. The average Bonchev–Trinajstić information content (AvgIpc) is 2.79. The van der Waals surface area contributed by atoms with E-state index in [0.717, 1.165) is 48.5 Å². The summed E-state index contributed by atoms with van der Waals surface area (Å²) in [6.45, 7) is 6.17. The highest BCUT2D eigenvalue weighted by Gasteiger charge is 2.11. The standard InChI is InChI=1S/C26H35NO5/c1-3-9-23(30-4-2)12-8-11-22(28)10-6-5-7-13-26(29)27-17-16-21-14-15-24-25(20-21)32-19-18-31-24/h3,8-9,11-12,14-15,20H,4-7,10,13,16-19H2,1-2H3,(H,27,29)/b9-3-,11-8+,23-12+. The van der Waals surface area contributed by atoms with Gasteiger partial charge in [-0.05, 0) is 69.0 Å². The summed E-state index contributed by atoms with van der Waals surface area (Å²) >= 11 is 0. The van der Waals surface area contributed by atoms with Gasteiger partial charge in [-0.2, -0.15) is 0 Å². The third-order valence-electron chi connectivity index (χ3n) is 4.85. The molecule has 6 heteroatoms. The van der Waals surface area contributed by atoms with Gasteiger partial charge in [0.15, 0.2) is 17.3 Å². The molecule has 0 saturated heterocycles. The zero-order valence-corrected chi connectivity index (χ0v) is 19.2. The molecule has 174 valence electrons. The van der Waals surface area contributed by atoms with Crippen LogP contribution in [-0.2, 0) is 20.7 Å². The molecule has 0 radical (unpaired) electrons. The largest absolute Gasteiger partial charge is 0.494 e. The van der Waals surface area contributed by atoms with Crippen LogP contribution in [0, 0.1) is 0 Å². The highest BCUT2D eigenvalue weighted by molar-refractivity contribution is 5.89. The molecule has 1 aliphatic rings. The van der Waals surface area contributed by atoms with Crippen molar-refractivity contribution in [2.45, 2.75) is 52.4 Å². The summed E-state index contributed by atoms with van der Waals surface area (Å²) in [5, 5.41) is 2.96. The van der Waals surface area contributed by atoms with Crippen LogP contribution in [0.2, 0.25) is 0 Å². The molecule has 0 aromatic heterocycles. The Labute approximate surface area is 191 Å². The number of rotatable bonds is 14. The first-order chi connectivity index (χ1) is 15.6. The van der Waals surface area contributed by atoms with Gasteiger partial charge in [0, 0.05) is 19.4 Å². The second-order valence-corrected chi connectivity index (χ2v) is 7.47. The Morgan fingerprint density at radius 2 is 1.84 bits per heavy atom. The maximum atomic E-state index is 12.0. The van der Waals surface area contributed by atoms with Gasteiger partial charge in [-0.3, -0.25) is 9.59 Å². The maximum absolute atomic E-state index is 12.0. The van der Waals surface area contributed by atoms with E-state index in [4.69, 9.17) is 14.2 Å². The van der Waals surface area contributed by atoms with E-state index in [1.807, 2.05) is 44.2 Å². The number of hydrogen-bond donors (Lipinski definition) is 1. The lowest BCUT2D eigenvalue weighted by Gasteiger charge is -2.18. The fourth-order valence-corrected chi connectivity index (χ4v) is 3.26. The predicted octanol–water partition coefficient (Wildman–Crippen LogP) is 4.69. The molecule has 0 unspecified atom stereocenters. The number of carbonyl (C=O) groups is 2. The molecule has 1 aromatic rings. The van der Waals surface area contributed by atoms with Gasteiger partial charge in [-0.25, -0.2) is 0 Å². The van der Waals surface area contributed by atoms with Crippen LogP contribution in [0.15, 0.2) is 54.3 Å². The van der Waals surface area contributed by atoms with Crippen molar-refractivity contribution in [3.8, 4) is 11.5 Å². The maximum Gasteiger partial charge on any atom is 0.220 e. The zero-order chi connectivity index (χ0) is 23.0. The van der Waals surface area contributed by atoms with Gasteiger partial charge < -0.3 is 19.5 Å². The Balaban J connectivity index is 1.55. The molecule has 32 heavy (non-hydrogen) atoms. The van der Waals surface area contributed by atoms with Gasteiger partial charge in [-0.15, -0.1) is 0 Å². The summed E-state index contributed by atoms with van der Waals surface area (Å²) in [5.74, 6) is 2.42. The van der Waals surface area contributed by atoms with Crippen LogP contribution in [-0.4, -0.2) is 38.1 Å². The topological polar surface area (TPSA) is 73.9 Å². The molecule has 0 spiro atoms. The molecule has 1 N–H and O–H groups in total. The van der Waals surface area contributed by atoms with E-state index < -0.39 is 0 Å². The third kappa shape index (κ3) is 9.86. The van der Waals surface area contributed by atoms with Crippen LogP contribution in [0.25, 0.3) is 0 Å². The van der Waals surface area contributed by atoms with Crippen molar-refractivity contribution >= 4 is 11.7 Å². The van der Waals surface area contributed by atoms with Crippen LogP contribution in [0.4, 0.5) is 0 Å². The quantitative estimate of drug-likeness (QED) is 0.196. The van der Waals surface area contributed by atoms with E-state index in [-0.39, 0.29) is 11.7 Å². The molecule has 0 aliphatic carbocycles. The molecule has 6 nitrogen and oxygen atoms in total. The molecule has 1 aromatic carbocycles. The highest BCUT2D eigenvalue weighted by Crippen LogP contribution is 2.30. The molecule has 0 atom stereocenters. The van der Waals surface area contributed by atoms with Gasteiger partial charge in [-0.1, -0.05) is 24.6 Å². The molecule has 0 bridgehead atoms. The molecule has 1 amide bonds. The Morgan fingerprint density at radius 1 is 1.06 bits per heavy atom. The lowest BCUT2D eigenvalue weighted by molar-refractivity contribution is -0.121. The summed E-state index contributed by atoms with van der Waals surface area (Å²) in [4.78, 5) is 23.9. The fraction of sp³-hybridized carbons (Fsp3) is 0.462. The number of hydrogen-bond acceptors (Lipinski definition) is 5. The van der Waals surface area contributed by atoms with Crippen LogP contribution < -0.4 is 14.8 Å². The van der Waals surface area contributed by atoms with Crippen molar-refractivity contribution in [3.05, 3.63) is 59.9 Å². The molecular weight excluding hydrogens is 406 g/mol. The van der Waals surface area contributed by atoms with E-state index in [9.17, 15) is 9.59 Å². The number of carbonyl (C=O) groups excluding carboxylic acids is 2. The smallest absolute Gasteiger partial charge is 0.220 e. The second-order valence-electron chi connectivity index (χ2n) is 7.47. The van der Waals surface area contributed by atoms with Crippen molar-refractivity contribution in [1.82, 2.24) is 5.32 Å². The monoisotopic (exact) mass is 441 g/mol. The molecule has 1 heterocycles. The number of ether oxygens (including phenoxy) is 3. The lowest BCUT2D eigenvalue weighted by atomic mass is 10.1. The van der Waals surface area contributed by atoms with Crippen molar-refractivity contribution in [2.24, 2.45) is 0 Å². The van der Waals surface area contributed by atoms with E-state index in [1.54, 1.807) is 18.2 Å². The van der Waals surface area contributed by atoms with E-state index >= 15 is 0 Å². The second kappa shape index (κ2) is 14.9. The van der Waals surface area contributed by atoms with Crippen LogP contribution in [0.5, 0.6) is 11.5 Å². The molecule has 1 aliphatic heterocycles. The highest BCUT2D eigenvalue weighted by atomic mass is 16.6. The first-order valence-electron chi connectivity index (χ1n) is 11.4. The summed E-state index contributed by atoms with van der Waals surface area (Å²) < 4.78 is 16.5. The molecule has 2 rings (SSSR count). The molecular formula is C26H35NO5. The fourth-order valence-electron chi connectivity index (χ4n) is 3.26. The Kier molecular flexibility index (Phi) is 11.7. The van der Waals surface area contributed by atoms with Crippen molar-refractivity contribution in [2.75, 3.05) is 26.4 Å². The van der Waals surface area contributed by atoms with Crippen molar-refractivity contribution in [3.63, 3.8) is 0 Å². The van der Waals surface area contributed by atoms with Gasteiger partial charge in [0.1, 0.15) is 19.0 Å². The normalized spacial score (nSPS) is 13.5. The van der Waals surface area contributed by atoms with E-state index in [0.29, 0.717) is 39.2 Å². The minimum atomic E-state index is 0.0475. The summed E-state index contributed by atoms with van der Waals surface area (Å²) in [7, 11) is 0. The Bertz CT molecular complexity index is 826. The Morgan fingerprint density at radius 3 is 2.62 bits per heavy atom. The summed E-state index contributed by atoms with van der Waals surface area (Å²) in [6, 6.07) is 5.89. The molecule has 0 fully saturated rings. The Hall–Kier alpha value is -3.02. The minimum Gasteiger partial charge on any atom is -0.494 e. The van der Waals surface area contributed by atoms with Crippen LogP contribution in [0.3, 0.4) is 0 Å². The van der Waals surface area contributed by atoms with Gasteiger partial charge in [0.2, 0.25) is 5.91 Å². The first-order valence-corrected chi connectivity index (χ1v) is 11.4. The number of nitrogens with one attached hydrogen (secondary N) is 1. The SMILES string of the molecule is C\C=C/C(=C\C=C\C(=O)CCCCCC(=O)NCCc1ccc2c(c1)OCCO2)OCC. The van der Waals surface area contributed by atoms with Crippen molar-refractivity contribution < 1.29 is 23.8 Å². The van der Waals surface area contributed by atoms with Crippen molar-refractivity contribution in [1.29, 1.82) is 0 Å². The average molecular weight is 442 g/mol. The van der Waals surface area contributed by atoms with E-state index in [1.165, 1.54) is 0 Å². The van der Waals surface area contributed by atoms with Crippen LogP contribution in [0.1, 0.15) is 51.5 Å². The van der Waals surface area contributed by atoms with Crippen LogP contribution >= 0.6 is 0 Å². The number of fused-ring (bicyclic) bond motifs is 1. The minimum absolute atomic E-state index is 0.0475. The molecule has 0 saturated carbocycles. The predicted molar refractivity (Wildman–Crippen MR) is 126 cm³/mol. The first kappa shape index (κ1) is 25.2.